The van der Waals surface area contributed by atoms with Crippen molar-refractivity contribution >= 4 is 16.9 Å². The average Bonchev–Trinajstić information content (AvgIpc) is 2.91. The molecule has 1 aromatic heterocycles. The van der Waals surface area contributed by atoms with Crippen LogP contribution >= 0.6 is 0 Å². The molecule has 1 aromatic carbocycles. The molecule has 1 aliphatic rings. The molecule has 0 radical (unpaired) electrons. The van der Waals surface area contributed by atoms with Gasteiger partial charge < -0.3 is 13.9 Å². The zero-order valence-electron chi connectivity index (χ0n) is 10.7. The lowest BCUT2D eigenvalue weighted by molar-refractivity contribution is 0.276. The Hall–Kier alpha value is -1.97. The van der Waals surface area contributed by atoms with Crippen molar-refractivity contribution < 1.29 is 13.9 Å². The van der Waals surface area contributed by atoms with Crippen molar-refractivity contribution in [2.24, 2.45) is 4.99 Å². The van der Waals surface area contributed by atoms with Crippen molar-refractivity contribution in [3.05, 3.63) is 30.0 Å². The smallest absolute Gasteiger partial charge is 0.253 e. The third-order valence-electron chi connectivity index (χ3n) is 2.92. The first-order chi connectivity index (χ1) is 8.59. The molecule has 0 amide bonds. The molecule has 0 atom stereocenters. The minimum atomic E-state index is -0.182. The number of benzene rings is 1. The van der Waals surface area contributed by atoms with Gasteiger partial charge in [0.25, 0.3) is 5.90 Å². The van der Waals surface area contributed by atoms with Gasteiger partial charge in [-0.2, -0.15) is 0 Å². The van der Waals surface area contributed by atoms with Crippen LogP contribution in [0.15, 0.2) is 33.7 Å². The second kappa shape index (κ2) is 3.77. The fraction of sp³-hybridized carbons (Fsp3) is 0.357. The second-order valence-electron chi connectivity index (χ2n) is 5.00. The standard InChI is InChI=1S/C14H15NO3/c1-14(2)8-17-13(15-14)12-7-9-10(16-3)5-4-6-11(9)18-12/h4-7H,8H2,1-3H3. The topological polar surface area (TPSA) is 44.0 Å². The number of rotatable bonds is 2. The Morgan fingerprint density at radius 2 is 2.17 bits per heavy atom. The third kappa shape index (κ3) is 1.74. The summed E-state index contributed by atoms with van der Waals surface area (Å²) in [6, 6.07) is 7.62. The fourth-order valence-electron chi connectivity index (χ4n) is 2.03. The normalized spacial score (nSPS) is 17.6. The van der Waals surface area contributed by atoms with Crippen LogP contribution in [0.2, 0.25) is 0 Å². The first kappa shape index (κ1) is 11.1. The van der Waals surface area contributed by atoms with Gasteiger partial charge in [0, 0.05) is 6.07 Å². The Morgan fingerprint density at radius 3 is 2.83 bits per heavy atom. The SMILES string of the molecule is COc1cccc2oc(C3=NC(C)(C)CO3)cc12. The van der Waals surface area contributed by atoms with Gasteiger partial charge >= 0.3 is 0 Å². The number of aliphatic imine (C=N–C) groups is 1. The summed E-state index contributed by atoms with van der Waals surface area (Å²) in [4.78, 5) is 4.50. The minimum Gasteiger partial charge on any atom is -0.496 e. The molecule has 0 unspecified atom stereocenters. The van der Waals surface area contributed by atoms with E-state index >= 15 is 0 Å². The molecular weight excluding hydrogens is 230 g/mol. The van der Waals surface area contributed by atoms with Crippen molar-refractivity contribution in [2.45, 2.75) is 19.4 Å². The van der Waals surface area contributed by atoms with E-state index in [-0.39, 0.29) is 5.54 Å². The van der Waals surface area contributed by atoms with Crippen molar-refractivity contribution in [3.8, 4) is 5.75 Å². The van der Waals surface area contributed by atoms with Gasteiger partial charge in [0.05, 0.1) is 18.0 Å². The molecule has 0 fully saturated rings. The largest absolute Gasteiger partial charge is 0.496 e. The molecular formula is C14H15NO3. The predicted molar refractivity (Wildman–Crippen MR) is 69.3 cm³/mol. The van der Waals surface area contributed by atoms with E-state index in [0.29, 0.717) is 18.3 Å². The molecule has 0 spiro atoms. The van der Waals surface area contributed by atoms with Gasteiger partial charge in [0.2, 0.25) is 0 Å². The summed E-state index contributed by atoms with van der Waals surface area (Å²) in [6.07, 6.45) is 0. The van der Waals surface area contributed by atoms with Gasteiger partial charge in [-0.3, -0.25) is 0 Å². The lowest BCUT2D eigenvalue weighted by Gasteiger charge is -2.07. The van der Waals surface area contributed by atoms with Gasteiger partial charge in [-0.15, -0.1) is 0 Å². The molecule has 0 bridgehead atoms. The quantitative estimate of drug-likeness (QED) is 0.817. The van der Waals surface area contributed by atoms with E-state index in [1.54, 1.807) is 7.11 Å². The Balaban J connectivity index is 2.10. The third-order valence-corrected chi connectivity index (χ3v) is 2.92. The summed E-state index contributed by atoms with van der Waals surface area (Å²) in [5.74, 6) is 2.01. The summed E-state index contributed by atoms with van der Waals surface area (Å²) >= 11 is 0. The number of furan rings is 1. The molecule has 94 valence electrons. The number of fused-ring (bicyclic) bond motifs is 1. The van der Waals surface area contributed by atoms with Crippen LogP contribution in [0.25, 0.3) is 11.0 Å². The molecule has 3 rings (SSSR count). The minimum absolute atomic E-state index is 0.182. The van der Waals surface area contributed by atoms with Crippen LogP contribution in [0.3, 0.4) is 0 Å². The maximum Gasteiger partial charge on any atom is 0.253 e. The van der Waals surface area contributed by atoms with Crippen LogP contribution in [0.5, 0.6) is 5.75 Å². The monoisotopic (exact) mass is 245 g/mol. The summed E-state index contributed by atoms with van der Waals surface area (Å²) < 4.78 is 16.6. The summed E-state index contributed by atoms with van der Waals surface area (Å²) in [5.41, 5.74) is 0.596. The Labute approximate surface area is 105 Å². The number of nitrogens with zero attached hydrogens (tertiary/aromatic N) is 1. The number of hydrogen-bond acceptors (Lipinski definition) is 4. The highest BCUT2D eigenvalue weighted by molar-refractivity contribution is 5.98. The summed E-state index contributed by atoms with van der Waals surface area (Å²) in [6.45, 7) is 4.64. The van der Waals surface area contributed by atoms with Crippen molar-refractivity contribution in [3.63, 3.8) is 0 Å². The molecule has 1 aliphatic heterocycles. The highest BCUT2D eigenvalue weighted by Crippen LogP contribution is 2.30. The van der Waals surface area contributed by atoms with Crippen LogP contribution in [0.4, 0.5) is 0 Å². The Bertz CT molecular complexity index is 625. The first-order valence-corrected chi connectivity index (χ1v) is 5.89. The Kier molecular flexibility index (Phi) is 2.33. The molecule has 0 saturated heterocycles. The van der Waals surface area contributed by atoms with E-state index in [2.05, 4.69) is 4.99 Å². The van der Waals surface area contributed by atoms with Gasteiger partial charge in [0.1, 0.15) is 17.9 Å². The number of methoxy groups -OCH3 is 1. The van der Waals surface area contributed by atoms with Gasteiger partial charge in [-0.1, -0.05) is 6.07 Å². The average molecular weight is 245 g/mol. The van der Waals surface area contributed by atoms with Crippen molar-refractivity contribution in [2.75, 3.05) is 13.7 Å². The van der Waals surface area contributed by atoms with Crippen LogP contribution in [0, 0.1) is 0 Å². The van der Waals surface area contributed by atoms with E-state index in [0.717, 1.165) is 16.7 Å². The van der Waals surface area contributed by atoms with Crippen LogP contribution < -0.4 is 4.74 Å². The molecule has 4 nitrogen and oxygen atoms in total. The molecule has 0 saturated carbocycles. The number of hydrogen-bond donors (Lipinski definition) is 0. The number of ether oxygens (including phenoxy) is 2. The Morgan fingerprint density at radius 1 is 1.33 bits per heavy atom. The van der Waals surface area contributed by atoms with E-state index < -0.39 is 0 Å². The highest BCUT2D eigenvalue weighted by atomic mass is 16.5. The van der Waals surface area contributed by atoms with Crippen molar-refractivity contribution in [1.82, 2.24) is 0 Å². The predicted octanol–water partition coefficient (Wildman–Crippen LogP) is 3.00. The maximum atomic E-state index is 5.75. The van der Waals surface area contributed by atoms with Gasteiger partial charge in [0.15, 0.2) is 5.76 Å². The molecule has 4 heteroatoms. The van der Waals surface area contributed by atoms with Crippen LogP contribution in [0.1, 0.15) is 19.6 Å². The van der Waals surface area contributed by atoms with Crippen molar-refractivity contribution in [1.29, 1.82) is 0 Å². The summed E-state index contributed by atoms with van der Waals surface area (Å²) in [5, 5.41) is 0.936. The molecule has 2 aromatic rings. The fourth-order valence-corrected chi connectivity index (χ4v) is 2.03. The summed E-state index contributed by atoms with van der Waals surface area (Å²) in [7, 11) is 1.65. The zero-order chi connectivity index (χ0) is 12.8. The van der Waals surface area contributed by atoms with Crippen LogP contribution in [-0.2, 0) is 4.74 Å². The molecule has 0 aliphatic carbocycles. The van der Waals surface area contributed by atoms with E-state index in [1.165, 1.54) is 0 Å². The lowest BCUT2D eigenvalue weighted by Crippen LogP contribution is -2.17. The molecule has 2 heterocycles. The van der Waals surface area contributed by atoms with Gasteiger partial charge in [-0.05, 0) is 26.0 Å². The zero-order valence-corrected chi connectivity index (χ0v) is 10.7. The second-order valence-corrected chi connectivity index (χ2v) is 5.00. The maximum absolute atomic E-state index is 5.75. The molecule has 18 heavy (non-hydrogen) atoms. The van der Waals surface area contributed by atoms with E-state index in [9.17, 15) is 0 Å². The first-order valence-electron chi connectivity index (χ1n) is 5.89. The van der Waals surface area contributed by atoms with Crippen LogP contribution in [-0.4, -0.2) is 25.2 Å². The van der Waals surface area contributed by atoms with E-state index in [4.69, 9.17) is 13.9 Å². The van der Waals surface area contributed by atoms with Gasteiger partial charge in [-0.25, -0.2) is 4.99 Å². The lowest BCUT2D eigenvalue weighted by atomic mass is 10.1. The highest BCUT2D eigenvalue weighted by Gasteiger charge is 2.29. The molecule has 0 N–H and O–H groups in total. The van der Waals surface area contributed by atoms with E-state index in [1.807, 2.05) is 38.1 Å².